The third-order valence-corrected chi connectivity index (χ3v) is 9.60. The number of nitrogens with zero attached hydrogens (tertiary/aromatic N) is 3. The Morgan fingerprint density at radius 3 is 2.57 bits per heavy atom. The quantitative estimate of drug-likeness (QED) is 0.150. The Labute approximate surface area is 264 Å². The number of esters is 1. The van der Waals surface area contributed by atoms with Gasteiger partial charge in [-0.2, -0.15) is 0 Å². The summed E-state index contributed by atoms with van der Waals surface area (Å²) in [5.74, 6) is 0.365. The van der Waals surface area contributed by atoms with Crippen molar-refractivity contribution in [2.24, 2.45) is 0 Å². The second kappa shape index (κ2) is 14.5. The molecular weight excluding hydrogens is 599 g/mol. The SMILES string of the molecule is CCOC(=O)c1c(NC(=O)C(C)Sc2nnc(CNC(=O)c3ccc(OC)cc3)n2CCc2ccccc2)sc2c1CCC2. The van der Waals surface area contributed by atoms with Gasteiger partial charge < -0.3 is 24.7 Å². The van der Waals surface area contributed by atoms with Gasteiger partial charge in [-0.3, -0.25) is 9.59 Å². The molecule has 0 bridgehead atoms. The summed E-state index contributed by atoms with van der Waals surface area (Å²) < 4.78 is 12.4. The summed E-state index contributed by atoms with van der Waals surface area (Å²) in [4.78, 5) is 40.1. The van der Waals surface area contributed by atoms with Gasteiger partial charge in [-0.05, 0) is 74.9 Å². The number of thiophene rings is 1. The molecule has 1 unspecified atom stereocenters. The molecule has 230 valence electrons. The lowest BCUT2D eigenvalue weighted by molar-refractivity contribution is -0.115. The molecule has 2 N–H and O–H groups in total. The average Bonchev–Trinajstić information content (AvgIpc) is 3.74. The first kappa shape index (κ1) is 31.3. The van der Waals surface area contributed by atoms with Gasteiger partial charge in [0.1, 0.15) is 10.8 Å². The minimum absolute atomic E-state index is 0.164. The molecule has 1 aliphatic rings. The third-order valence-electron chi connectivity index (χ3n) is 7.31. The molecule has 5 rings (SSSR count). The second-order valence-corrected chi connectivity index (χ2v) is 12.6. The fourth-order valence-corrected chi connectivity index (χ4v) is 7.16. The van der Waals surface area contributed by atoms with Crippen LogP contribution in [0.1, 0.15) is 62.8 Å². The molecule has 10 nitrogen and oxygen atoms in total. The number of anilines is 1. The van der Waals surface area contributed by atoms with Crippen LogP contribution in [0.15, 0.2) is 59.8 Å². The molecule has 12 heteroatoms. The smallest absolute Gasteiger partial charge is 0.341 e. The van der Waals surface area contributed by atoms with Crippen LogP contribution in [0.2, 0.25) is 0 Å². The normalized spacial score (nSPS) is 12.8. The number of aryl methyl sites for hydroxylation is 2. The van der Waals surface area contributed by atoms with E-state index in [0.717, 1.165) is 41.7 Å². The minimum atomic E-state index is -0.539. The highest BCUT2D eigenvalue weighted by Gasteiger charge is 2.30. The summed E-state index contributed by atoms with van der Waals surface area (Å²) in [6, 6.07) is 16.9. The van der Waals surface area contributed by atoms with Crippen molar-refractivity contribution in [2.75, 3.05) is 19.0 Å². The van der Waals surface area contributed by atoms with Gasteiger partial charge >= 0.3 is 5.97 Å². The minimum Gasteiger partial charge on any atom is -0.497 e. The number of carbonyl (C=O) groups excluding carboxylic acids is 3. The molecule has 0 aliphatic heterocycles. The van der Waals surface area contributed by atoms with E-state index < -0.39 is 11.2 Å². The van der Waals surface area contributed by atoms with Crippen LogP contribution < -0.4 is 15.4 Å². The van der Waals surface area contributed by atoms with Gasteiger partial charge in [0.15, 0.2) is 11.0 Å². The van der Waals surface area contributed by atoms with Crippen LogP contribution in [0, 0.1) is 0 Å². The molecule has 0 saturated carbocycles. The van der Waals surface area contributed by atoms with Crippen molar-refractivity contribution >= 4 is 45.9 Å². The maximum Gasteiger partial charge on any atom is 0.341 e. The van der Waals surface area contributed by atoms with Crippen LogP contribution in [-0.4, -0.2) is 51.5 Å². The topological polar surface area (TPSA) is 124 Å². The first-order chi connectivity index (χ1) is 21.4. The van der Waals surface area contributed by atoms with Crippen LogP contribution in [0.25, 0.3) is 0 Å². The van der Waals surface area contributed by atoms with E-state index in [4.69, 9.17) is 9.47 Å². The number of amides is 2. The predicted molar refractivity (Wildman–Crippen MR) is 171 cm³/mol. The highest BCUT2D eigenvalue weighted by atomic mass is 32.2. The Morgan fingerprint density at radius 1 is 1.07 bits per heavy atom. The van der Waals surface area contributed by atoms with Crippen LogP contribution >= 0.6 is 23.1 Å². The zero-order chi connectivity index (χ0) is 31.1. The molecule has 1 aliphatic carbocycles. The standard InChI is InChI=1S/C32H35N5O5S2/c1-4-42-31(40)27-24-11-8-12-25(24)44-30(27)34-28(38)20(2)43-32-36-35-26(37(32)18-17-21-9-6-5-7-10-21)19-33-29(39)22-13-15-23(41-3)16-14-22/h5-7,9-10,13-16,20H,4,8,11-12,17-19H2,1-3H3,(H,33,39)(H,34,38). The number of carbonyl (C=O) groups is 3. The number of hydrogen-bond donors (Lipinski definition) is 2. The molecule has 0 radical (unpaired) electrons. The Balaban J connectivity index is 1.30. The van der Waals surface area contributed by atoms with Crippen molar-refractivity contribution in [1.29, 1.82) is 0 Å². The van der Waals surface area contributed by atoms with Gasteiger partial charge in [-0.15, -0.1) is 21.5 Å². The maximum absolute atomic E-state index is 13.4. The Bertz CT molecular complexity index is 1620. The molecule has 2 heterocycles. The van der Waals surface area contributed by atoms with E-state index in [1.165, 1.54) is 23.1 Å². The van der Waals surface area contributed by atoms with Crippen molar-refractivity contribution in [3.05, 3.63) is 87.6 Å². The first-order valence-electron chi connectivity index (χ1n) is 14.5. The number of hydrogen-bond acceptors (Lipinski definition) is 9. The lowest BCUT2D eigenvalue weighted by Gasteiger charge is -2.14. The first-order valence-corrected chi connectivity index (χ1v) is 16.2. The summed E-state index contributed by atoms with van der Waals surface area (Å²) in [5.41, 5.74) is 3.12. The number of aromatic nitrogens is 3. The van der Waals surface area contributed by atoms with Crippen molar-refractivity contribution in [3.63, 3.8) is 0 Å². The van der Waals surface area contributed by atoms with Crippen molar-refractivity contribution < 1.29 is 23.9 Å². The van der Waals surface area contributed by atoms with Gasteiger partial charge in [0.05, 0.1) is 31.1 Å². The fraction of sp³-hybridized carbons (Fsp3) is 0.344. The van der Waals surface area contributed by atoms with Crippen molar-refractivity contribution in [2.45, 2.75) is 63.0 Å². The molecular formula is C32H35N5O5S2. The molecule has 2 aromatic heterocycles. The summed E-state index contributed by atoms with van der Waals surface area (Å²) in [6.07, 6.45) is 3.42. The van der Waals surface area contributed by atoms with E-state index in [-0.39, 0.29) is 25.0 Å². The third kappa shape index (κ3) is 7.31. The summed E-state index contributed by atoms with van der Waals surface area (Å²) in [5, 5.41) is 15.3. The number of ether oxygens (including phenoxy) is 2. The van der Waals surface area contributed by atoms with E-state index in [1.54, 1.807) is 45.2 Å². The molecule has 4 aromatic rings. The van der Waals surface area contributed by atoms with Crippen LogP contribution in [0.4, 0.5) is 5.00 Å². The number of benzene rings is 2. The highest BCUT2D eigenvalue weighted by Crippen LogP contribution is 2.40. The van der Waals surface area contributed by atoms with Crippen molar-refractivity contribution in [1.82, 2.24) is 20.1 Å². The summed E-state index contributed by atoms with van der Waals surface area (Å²) in [6.45, 7) is 4.56. The summed E-state index contributed by atoms with van der Waals surface area (Å²) >= 11 is 2.74. The van der Waals surface area contributed by atoms with Gasteiger partial charge in [0, 0.05) is 17.0 Å². The highest BCUT2D eigenvalue weighted by molar-refractivity contribution is 8.00. The number of thioether (sulfide) groups is 1. The lowest BCUT2D eigenvalue weighted by atomic mass is 10.1. The van der Waals surface area contributed by atoms with Gasteiger partial charge in [-0.1, -0.05) is 42.1 Å². The predicted octanol–water partition coefficient (Wildman–Crippen LogP) is 5.31. The second-order valence-electron chi connectivity index (χ2n) is 10.2. The Hall–Kier alpha value is -4.16. The van der Waals surface area contributed by atoms with Gasteiger partial charge in [-0.25, -0.2) is 4.79 Å². The van der Waals surface area contributed by atoms with Gasteiger partial charge in [0.25, 0.3) is 5.91 Å². The number of fused-ring (bicyclic) bond motifs is 1. The van der Waals surface area contributed by atoms with E-state index >= 15 is 0 Å². The Kier molecular flexibility index (Phi) is 10.3. The monoisotopic (exact) mass is 633 g/mol. The zero-order valence-electron chi connectivity index (χ0n) is 24.9. The largest absolute Gasteiger partial charge is 0.497 e. The fourth-order valence-electron chi connectivity index (χ4n) is 4.99. The molecule has 1 atom stereocenters. The van der Waals surface area contributed by atoms with Crippen molar-refractivity contribution in [3.8, 4) is 5.75 Å². The van der Waals surface area contributed by atoms with E-state index in [9.17, 15) is 14.4 Å². The van der Waals surface area contributed by atoms with E-state index in [2.05, 4.69) is 33.0 Å². The van der Waals surface area contributed by atoms with Crippen LogP contribution in [-0.2, 0) is 41.9 Å². The molecule has 44 heavy (non-hydrogen) atoms. The number of nitrogens with one attached hydrogen (secondary N) is 2. The van der Waals surface area contributed by atoms with Gasteiger partial charge in [0.2, 0.25) is 5.91 Å². The lowest BCUT2D eigenvalue weighted by Crippen LogP contribution is -2.26. The average molecular weight is 634 g/mol. The number of methoxy groups -OCH3 is 1. The summed E-state index contributed by atoms with van der Waals surface area (Å²) in [7, 11) is 1.58. The maximum atomic E-state index is 13.4. The molecule has 0 saturated heterocycles. The number of rotatable bonds is 13. The van der Waals surface area contributed by atoms with Crippen LogP contribution in [0.3, 0.4) is 0 Å². The van der Waals surface area contributed by atoms with Crippen LogP contribution in [0.5, 0.6) is 5.75 Å². The Morgan fingerprint density at radius 2 is 1.84 bits per heavy atom. The van der Waals surface area contributed by atoms with E-state index in [1.807, 2.05) is 22.8 Å². The molecule has 0 spiro atoms. The molecule has 0 fully saturated rings. The van der Waals surface area contributed by atoms with E-state index in [0.29, 0.717) is 39.4 Å². The molecule has 2 amide bonds. The zero-order valence-corrected chi connectivity index (χ0v) is 26.6. The molecule has 2 aromatic carbocycles.